The van der Waals surface area contributed by atoms with Crippen LogP contribution in [0.15, 0.2) is 0 Å². The maximum atomic E-state index is 6.07. The summed E-state index contributed by atoms with van der Waals surface area (Å²) in [7, 11) is 2.23. The van der Waals surface area contributed by atoms with Gasteiger partial charge in [0.1, 0.15) is 0 Å². The fraction of sp³-hybridized carbons (Fsp3) is 1.00. The zero-order valence-electron chi connectivity index (χ0n) is 11.3. The van der Waals surface area contributed by atoms with Crippen molar-refractivity contribution >= 4 is 0 Å². The number of hydrogen-bond donors (Lipinski definition) is 1. The predicted molar refractivity (Wildman–Crippen MR) is 70.1 cm³/mol. The van der Waals surface area contributed by atoms with Gasteiger partial charge in [0, 0.05) is 32.3 Å². The van der Waals surface area contributed by atoms with Crippen molar-refractivity contribution in [3.8, 4) is 0 Å². The molecule has 100 valence electrons. The number of nitrogens with two attached hydrogens (primary N) is 1. The summed E-state index contributed by atoms with van der Waals surface area (Å²) in [6, 6.07) is 0.632. The van der Waals surface area contributed by atoms with Crippen molar-refractivity contribution in [1.29, 1.82) is 0 Å². The summed E-state index contributed by atoms with van der Waals surface area (Å²) in [6.07, 6.45) is 3.55. The summed E-state index contributed by atoms with van der Waals surface area (Å²) in [5.74, 6) is 0. The van der Waals surface area contributed by atoms with Crippen LogP contribution in [-0.2, 0) is 4.74 Å². The third-order valence-corrected chi connectivity index (χ3v) is 4.45. The van der Waals surface area contributed by atoms with Gasteiger partial charge in [0.2, 0.25) is 0 Å². The summed E-state index contributed by atoms with van der Waals surface area (Å²) in [5.41, 5.74) is 6.18. The molecule has 4 nitrogen and oxygen atoms in total. The Morgan fingerprint density at radius 3 is 2.82 bits per heavy atom. The Bertz CT molecular complexity index is 241. The molecular formula is C13H27N3O. The van der Waals surface area contributed by atoms with Crippen LogP contribution in [0.2, 0.25) is 0 Å². The van der Waals surface area contributed by atoms with Crippen molar-refractivity contribution in [3.63, 3.8) is 0 Å². The average molecular weight is 241 g/mol. The minimum absolute atomic E-state index is 0.117. The maximum absolute atomic E-state index is 6.07. The Kier molecular flexibility index (Phi) is 4.42. The van der Waals surface area contributed by atoms with E-state index in [1.165, 1.54) is 25.9 Å². The molecule has 17 heavy (non-hydrogen) atoms. The van der Waals surface area contributed by atoms with Crippen molar-refractivity contribution in [1.82, 2.24) is 9.80 Å². The highest BCUT2D eigenvalue weighted by atomic mass is 16.5. The highest BCUT2D eigenvalue weighted by molar-refractivity contribution is 4.99. The van der Waals surface area contributed by atoms with E-state index in [1.807, 2.05) is 0 Å². The van der Waals surface area contributed by atoms with Gasteiger partial charge in [-0.2, -0.15) is 0 Å². The zero-order valence-corrected chi connectivity index (χ0v) is 11.3. The van der Waals surface area contributed by atoms with Crippen LogP contribution in [0.1, 0.15) is 26.2 Å². The number of hydrogen-bond acceptors (Lipinski definition) is 4. The van der Waals surface area contributed by atoms with Gasteiger partial charge in [-0.25, -0.2) is 0 Å². The quantitative estimate of drug-likeness (QED) is 0.782. The molecule has 0 aromatic carbocycles. The molecule has 2 aliphatic rings. The van der Waals surface area contributed by atoms with Crippen LogP contribution in [0.5, 0.6) is 0 Å². The molecule has 2 aliphatic heterocycles. The van der Waals surface area contributed by atoms with Crippen molar-refractivity contribution in [3.05, 3.63) is 0 Å². The van der Waals surface area contributed by atoms with Crippen molar-refractivity contribution in [2.75, 3.05) is 46.4 Å². The van der Waals surface area contributed by atoms with Gasteiger partial charge in [-0.15, -0.1) is 0 Å². The largest absolute Gasteiger partial charge is 0.379 e. The van der Waals surface area contributed by atoms with E-state index in [9.17, 15) is 0 Å². The van der Waals surface area contributed by atoms with Gasteiger partial charge in [-0.05, 0) is 32.9 Å². The first-order chi connectivity index (χ1) is 8.22. The topological polar surface area (TPSA) is 41.7 Å². The second-order valence-corrected chi connectivity index (χ2v) is 5.60. The van der Waals surface area contributed by atoms with E-state index in [-0.39, 0.29) is 5.54 Å². The third-order valence-electron chi connectivity index (χ3n) is 4.45. The van der Waals surface area contributed by atoms with E-state index in [1.54, 1.807) is 0 Å². The monoisotopic (exact) mass is 241 g/mol. The molecule has 0 amide bonds. The molecule has 2 heterocycles. The van der Waals surface area contributed by atoms with Crippen LogP contribution in [-0.4, -0.2) is 67.8 Å². The van der Waals surface area contributed by atoms with E-state index < -0.39 is 0 Å². The number of rotatable bonds is 3. The molecule has 2 unspecified atom stereocenters. The van der Waals surface area contributed by atoms with Crippen molar-refractivity contribution < 1.29 is 4.74 Å². The van der Waals surface area contributed by atoms with E-state index in [2.05, 4.69) is 23.8 Å². The molecule has 4 heteroatoms. The van der Waals surface area contributed by atoms with E-state index in [0.29, 0.717) is 6.04 Å². The lowest BCUT2D eigenvalue weighted by Gasteiger charge is -2.43. The fourth-order valence-electron chi connectivity index (χ4n) is 3.32. The molecule has 2 atom stereocenters. The lowest BCUT2D eigenvalue weighted by atomic mass is 9.93. The highest BCUT2D eigenvalue weighted by Crippen LogP contribution is 2.29. The number of ether oxygens (including phenoxy) is 1. The number of nitrogens with zero attached hydrogens (tertiary/aromatic N) is 2. The first-order valence-corrected chi connectivity index (χ1v) is 6.95. The second kappa shape index (κ2) is 5.65. The molecular weight excluding hydrogens is 214 g/mol. The standard InChI is InChI=1S/C13H27N3O/c1-3-12-9-15(2)6-4-7-16(12)13(10-14)5-8-17-11-13/h12H,3-11,14H2,1-2H3. The van der Waals surface area contributed by atoms with Crippen LogP contribution >= 0.6 is 0 Å². The SMILES string of the molecule is CCC1CN(C)CCCN1C1(CN)CCOC1. The normalized spacial score (nSPS) is 37.2. The first-order valence-electron chi connectivity index (χ1n) is 6.95. The molecule has 0 spiro atoms. The van der Waals surface area contributed by atoms with Gasteiger partial charge in [0.15, 0.2) is 0 Å². The molecule has 0 saturated carbocycles. The van der Waals surface area contributed by atoms with Gasteiger partial charge in [-0.3, -0.25) is 4.90 Å². The molecule has 0 radical (unpaired) electrons. The highest BCUT2D eigenvalue weighted by Gasteiger charge is 2.42. The molecule has 2 saturated heterocycles. The molecule has 0 aromatic rings. The fourth-order valence-corrected chi connectivity index (χ4v) is 3.32. The van der Waals surface area contributed by atoms with Crippen LogP contribution in [0.25, 0.3) is 0 Å². The van der Waals surface area contributed by atoms with E-state index in [0.717, 1.165) is 32.7 Å². The molecule has 0 aliphatic carbocycles. The van der Waals surface area contributed by atoms with Gasteiger partial charge in [-0.1, -0.05) is 6.92 Å². The third kappa shape index (κ3) is 2.65. The molecule has 2 N–H and O–H groups in total. The average Bonchev–Trinajstić information content (AvgIpc) is 2.74. The summed E-state index contributed by atoms with van der Waals surface area (Å²) in [4.78, 5) is 5.11. The Hall–Kier alpha value is -0.160. The minimum Gasteiger partial charge on any atom is -0.379 e. The molecule has 0 bridgehead atoms. The van der Waals surface area contributed by atoms with Gasteiger partial charge in [0.25, 0.3) is 0 Å². The van der Waals surface area contributed by atoms with Crippen LogP contribution < -0.4 is 5.73 Å². The van der Waals surface area contributed by atoms with Gasteiger partial charge < -0.3 is 15.4 Å². The Labute approximate surface area is 105 Å². The van der Waals surface area contributed by atoms with Gasteiger partial charge in [0.05, 0.1) is 12.1 Å². The van der Waals surface area contributed by atoms with E-state index >= 15 is 0 Å². The Balaban J connectivity index is 2.15. The minimum atomic E-state index is 0.117. The van der Waals surface area contributed by atoms with Crippen molar-refractivity contribution in [2.24, 2.45) is 5.73 Å². The van der Waals surface area contributed by atoms with Gasteiger partial charge >= 0.3 is 0 Å². The molecule has 2 rings (SSSR count). The summed E-state index contributed by atoms with van der Waals surface area (Å²) < 4.78 is 5.63. The van der Waals surface area contributed by atoms with Crippen LogP contribution in [0.3, 0.4) is 0 Å². The molecule has 2 fully saturated rings. The molecule has 0 aromatic heterocycles. The zero-order chi connectivity index (χ0) is 12.3. The van der Waals surface area contributed by atoms with Crippen molar-refractivity contribution in [2.45, 2.75) is 37.8 Å². The summed E-state index contributed by atoms with van der Waals surface area (Å²) in [5, 5.41) is 0. The van der Waals surface area contributed by atoms with Crippen LogP contribution in [0, 0.1) is 0 Å². The predicted octanol–water partition coefficient (Wildman–Crippen LogP) is 0.520. The smallest absolute Gasteiger partial charge is 0.0663 e. The maximum Gasteiger partial charge on any atom is 0.0663 e. The lowest BCUT2D eigenvalue weighted by Crippen LogP contribution is -2.59. The second-order valence-electron chi connectivity index (χ2n) is 5.60. The number of likely N-dealkylation sites (N-methyl/N-ethyl adjacent to an activating group) is 1. The van der Waals surface area contributed by atoms with Crippen LogP contribution in [0.4, 0.5) is 0 Å². The Morgan fingerprint density at radius 2 is 2.24 bits per heavy atom. The Morgan fingerprint density at radius 1 is 1.41 bits per heavy atom. The first kappa shape index (κ1) is 13.3. The summed E-state index contributed by atoms with van der Waals surface area (Å²) >= 11 is 0. The lowest BCUT2D eigenvalue weighted by molar-refractivity contribution is 0.0351. The summed E-state index contributed by atoms with van der Waals surface area (Å²) in [6.45, 7) is 8.25. The van der Waals surface area contributed by atoms with E-state index in [4.69, 9.17) is 10.5 Å².